The van der Waals surface area contributed by atoms with Crippen molar-refractivity contribution in [1.29, 1.82) is 0 Å². The van der Waals surface area contributed by atoms with Gasteiger partial charge >= 0.3 is 0 Å². The standard InChI is InChI=1S/C10H14N2O5S2/c1-2-18(13,14)12-9-6-17-10-4-3-7(5-8(9)10)19(11,15)16/h3-5,9,12H,2,6H2,1H3,(H2,11,15,16). The van der Waals surface area contributed by atoms with Gasteiger partial charge in [-0.3, -0.25) is 0 Å². The molecule has 1 aliphatic rings. The van der Waals surface area contributed by atoms with Gasteiger partial charge in [-0.25, -0.2) is 26.7 Å². The van der Waals surface area contributed by atoms with Crippen molar-refractivity contribution in [3.8, 4) is 5.75 Å². The Kier molecular flexibility index (Phi) is 3.56. The smallest absolute Gasteiger partial charge is 0.238 e. The lowest BCUT2D eigenvalue weighted by Crippen LogP contribution is -2.30. The number of hydrogen-bond acceptors (Lipinski definition) is 5. The molecule has 1 unspecified atom stereocenters. The number of sulfonamides is 2. The van der Waals surface area contributed by atoms with E-state index in [9.17, 15) is 16.8 Å². The quantitative estimate of drug-likeness (QED) is 0.793. The molecule has 2 rings (SSSR count). The van der Waals surface area contributed by atoms with Crippen LogP contribution in [0.2, 0.25) is 0 Å². The molecule has 3 N–H and O–H groups in total. The molecule has 0 saturated carbocycles. The number of fused-ring (bicyclic) bond motifs is 1. The highest BCUT2D eigenvalue weighted by Gasteiger charge is 2.28. The molecule has 1 aliphatic heterocycles. The van der Waals surface area contributed by atoms with Crippen LogP contribution in [0.25, 0.3) is 0 Å². The van der Waals surface area contributed by atoms with Gasteiger partial charge in [-0.05, 0) is 25.1 Å². The number of primary sulfonamides is 1. The Morgan fingerprint density at radius 1 is 1.37 bits per heavy atom. The maximum absolute atomic E-state index is 11.5. The van der Waals surface area contributed by atoms with Crippen molar-refractivity contribution in [3.63, 3.8) is 0 Å². The van der Waals surface area contributed by atoms with Gasteiger partial charge in [-0.1, -0.05) is 0 Å². The molecule has 1 aromatic carbocycles. The van der Waals surface area contributed by atoms with Crippen LogP contribution in [0.4, 0.5) is 0 Å². The molecule has 1 aromatic rings. The van der Waals surface area contributed by atoms with Crippen LogP contribution in [0.3, 0.4) is 0 Å². The Hall–Kier alpha value is -1.16. The van der Waals surface area contributed by atoms with Crippen LogP contribution in [-0.2, 0) is 20.0 Å². The average Bonchev–Trinajstić information content (AvgIpc) is 2.70. The van der Waals surface area contributed by atoms with Crippen LogP contribution >= 0.6 is 0 Å². The van der Waals surface area contributed by atoms with Crippen molar-refractivity contribution in [1.82, 2.24) is 4.72 Å². The van der Waals surface area contributed by atoms with E-state index >= 15 is 0 Å². The number of benzene rings is 1. The van der Waals surface area contributed by atoms with E-state index in [4.69, 9.17) is 9.88 Å². The fourth-order valence-corrected chi connectivity index (χ4v) is 3.11. The van der Waals surface area contributed by atoms with E-state index in [1.165, 1.54) is 25.1 Å². The molecule has 0 saturated heterocycles. The fourth-order valence-electron chi connectivity index (χ4n) is 1.77. The molecule has 19 heavy (non-hydrogen) atoms. The molecule has 106 valence electrons. The summed E-state index contributed by atoms with van der Waals surface area (Å²) in [5.41, 5.74) is 0.476. The van der Waals surface area contributed by atoms with Gasteiger partial charge in [-0.15, -0.1) is 0 Å². The van der Waals surface area contributed by atoms with Crippen molar-refractivity contribution in [3.05, 3.63) is 23.8 Å². The minimum Gasteiger partial charge on any atom is -0.491 e. The summed E-state index contributed by atoms with van der Waals surface area (Å²) in [4.78, 5) is -0.0718. The Morgan fingerprint density at radius 2 is 2.05 bits per heavy atom. The third kappa shape index (κ3) is 3.06. The first kappa shape index (κ1) is 14.3. The van der Waals surface area contributed by atoms with Crippen LogP contribution in [0.1, 0.15) is 18.5 Å². The first-order valence-electron chi connectivity index (χ1n) is 5.52. The van der Waals surface area contributed by atoms with Gasteiger partial charge in [0.1, 0.15) is 12.4 Å². The number of nitrogens with two attached hydrogens (primary N) is 1. The van der Waals surface area contributed by atoms with Gasteiger partial charge in [0.25, 0.3) is 0 Å². The highest BCUT2D eigenvalue weighted by Crippen LogP contribution is 2.34. The summed E-state index contributed by atoms with van der Waals surface area (Å²) in [6.45, 7) is 1.64. The summed E-state index contributed by atoms with van der Waals surface area (Å²) >= 11 is 0. The third-order valence-electron chi connectivity index (χ3n) is 2.79. The molecule has 1 atom stereocenters. The average molecular weight is 306 g/mol. The monoisotopic (exact) mass is 306 g/mol. The number of rotatable bonds is 4. The van der Waals surface area contributed by atoms with Crippen molar-refractivity contribution in [2.45, 2.75) is 17.9 Å². The third-order valence-corrected chi connectivity index (χ3v) is 5.11. The van der Waals surface area contributed by atoms with Crippen LogP contribution in [0.5, 0.6) is 5.75 Å². The molecular weight excluding hydrogens is 292 g/mol. The maximum Gasteiger partial charge on any atom is 0.238 e. The van der Waals surface area contributed by atoms with Gasteiger partial charge in [0.05, 0.1) is 16.7 Å². The van der Waals surface area contributed by atoms with E-state index in [2.05, 4.69) is 4.72 Å². The largest absolute Gasteiger partial charge is 0.491 e. The topological polar surface area (TPSA) is 116 Å². The summed E-state index contributed by atoms with van der Waals surface area (Å²) in [5, 5.41) is 5.04. The normalized spacial score (nSPS) is 18.9. The highest BCUT2D eigenvalue weighted by molar-refractivity contribution is 7.89. The fraction of sp³-hybridized carbons (Fsp3) is 0.400. The lowest BCUT2D eigenvalue weighted by atomic mass is 10.1. The Labute approximate surface area is 111 Å². The zero-order valence-corrected chi connectivity index (χ0v) is 11.8. The molecule has 0 aromatic heterocycles. The van der Waals surface area contributed by atoms with Crippen LogP contribution in [0.15, 0.2) is 23.1 Å². The molecule has 0 bridgehead atoms. The highest BCUT2D eigenvalue weighted by atomic mass is 32.2. The van der Waals surface area contributed by atoms with Crippen LogP contribution < -0.4 is 14.6 Å². The van der Waals surface area contributed by atoms with Crippen molar-refractivity contribution < 1.29 is 21.6 Å². The molecule has 0 amide bonds. The molecule has 0 radical (unpaired) electrons. The van der Waals surface area contributed by atoms with Gasteiger partial charge in [-0.2, -0.15) is 0 Å². The van der Waals surface area contributed by atoms with E-state index in [0.717, 1.165) is 0 Å². The molecule has 7 nitrogen and oxygen atoms in total. The minimum absolute atomic E-state index is 0.0618. The Bertz CT molecular complexity index is 697. The Morgan fingerprint density at radius 3 is 2.63 bits per heavy atom. The number of ether oxygens (including phenoxy) is 1. The van der Waals surface area contributed by atoms with E-state index in [1.54, 1.807) is 0 Å². The maximum atomic E-state index is 11.5. The van der Waals surface area contributed by atoms with Gasteiger partial charge in [0, 0.05) is 5.56 Å². The SMILES string of the molecule is CCS(=O)(=O)NC1COc2ccc(S(N)(=O)=O)cc21. The lowest BCUT2D eigenvalue weighted by Gasteiger charge is -2.11. The first-order chi connectivity index (χ1) is 8.73. The minimum atomic E-state index is -3.83. The number of nitrogens with one attached hydrogen (secondary N) is 1. The summed E-state index contributed by atoms with van der Waals surface area (Å²) in [5.74, 6) is 0.393. The zero-order valence-electron chi connectivity index (χ0n) is 10.2. The first-order valence-corrected chi connectivity index (χ1v) is 8.72. The molecule has 0 spiro atoms. The summed E-state index contributed by atoms with van der Waals surface area (Å²) in [6.07, 6.45) is 0. The molecular formula is C10H14N2O5S2. The summed E-state index contributed by atoms with van der Waals surface area (Å²) in [6, 6.07) is 3.53. The van der Waals surface area contributed by atoms with Crippen molar-refractivity contribution in [2.24, 2.45) is 5.14 Å². The number of hydrogen-bond donors (Lipinski definition) is 2. The summed E-state index contributed by atoms with van der Waals surface area (Å²) < 4.78 is 53.4. The predicted octanol–water partition coefficient (Wildman–Crippen LogP) is -0.293. The lowest BCUT2D eigenvalue weighted by molar-refractivity contribution is 0.325. The second-order valence-corrected chi connectivity index (χ2v) is 7.73. The predicted molar refractivity (Wildman–Crippen MR) is 68.6 cm³/mol. The van der Waals surface area contributed by atoms with E-state index < -0.39 is 26.1 Å². The molecule has 1 heterocycles. The van der Waals surface area contributed by atoms with Gasteiger partial charge in [0.2, 0.25) is 20.0 Å². The van der Waals surface area contributed by atoms with E-state index in [1.807, 2.05) is 0 Å². The van der Waals surface area contributed by atoms with Gasteiger partial charge in [0.15, 0.2) is 0 Å². The Balaban J connectivity index is 2.39. The van der Waals surface area contributed by atoms with Gasteiger partial charge < -0.3 is 4.74 Å². The van der Waals surface area contributed by atoms with E-state index in [-0.39, 0.29) is 17.3 Å². The van der Waals surface area contributed by atoms with Crippen LogP contribution in [0, 0.1) is 0 Å². The molecule has 9 heteroatoms. The second-order valence-electron chi connectivity index (χ2n) is 4.13. The summed E-state index contributed by atoms with van der Waals surface area (Å²) in [7, 11) is -7.23. The second kappa shape index (κ2) is 4.75. The van der Waals surface area contributed by atoms with Crippen LogP contribution in [-0.4, -0.2) is 29.2 Å². The van der Waals surface area contributed by atoms with Crippen molar-refractivity contribution in [2.75, 3.05) is 12.4 Å². The van der Waals surface area contributed by atoms with E-state index in [0.29, 0.717) is 11.3 Å². The molecule has 0 aliphatic carbocycles. The van der Waals surface area contributed by atoms with Crippen molar-refractivity contribution >= 4 is 20.0 Å². The zero-order chi connectivity index (χ0) is 14.3. The molecule has 0 fully saturated rings.